The van der Waals surface area contributed by atoms with E-state index < -0.39 is 5.97 Å². The molecule has 13 heavy (non-hydrogen) atoms. The minimum absolute atomic E-state index is 0.0469. The normalized spacial score (nSPS) is 9.00. The molecule has 0 spiro atoms. The fourth-order valence-corrected chi connectivity index (χ4v) is 0.735. The van der Waals surface area contributed by atoms with Gasteiger partial charge in [-0.1, -0.05) is 12.2 Å². The van der Waals surface area contributed by atoms with Gasteiger partial charge in [-0.25, -0.2) is 0 Å². The number of rotatable bonds is 5. The first-order chi connectivity index (χ1) is 6.06. The molecule has 3 N–H and O–H groups in total. The van der Waals surface area contributed by atoms with Crippen molar-refractivity contribution in [2.24, 2.45) is 5.73 Å². The van der Waals surface area contributed by atoms with Gasteiger partial charge in [0.05, 0.1) is 18.0 Å². The minimum Gasteiger partial charge on any atom is -0.465 e. The molecule has 74 valence electrons. The van der Waals surface area contributed by atoms with Crippen LogP contribution >= 0.6 is 12.2 Å². The summed E-state index contributed by atoms with van der Waals surface area (Å²) in [6, 6.07) is 0. The highest BCUT2D eigenvalue weighted by Gasteiger charge is 2.06. The van der Waals surface area contributed by atoms with Gasteiger partial charge in [0.15, 0.2) is 0 Å². The number of nitrogens with two attached hydrogens (primary N) is 1. The number of amides is 1. The highest BCUT2D eigenvalue weighted by atomic mass is 32.1. The molecule has 0 atom stereocenters. The third-order valence-corrected chi connectivity index (χ3v) is 1.21. The Morgan fingerprint density at radius 2 is 2.15 bits per heavy atom. The second-order valence-electron chi connectivity index (χ2n) is 2.22. The Labute approximate surface area is 81.6 Å². The zero-order valence-corrected chi connectivity index (χ0v) is 8.15. The first-order valence-electron chi connectivity index (χ1n) is 3.77. The summed E-state index contributed by atoms with van der Waals surface area (Å²) in [5, 5.41) is 2.32. The van der Waals surface area contributed by atoms with E-state index in [0.717, 1.165) is 0 Å². The standard InChI is InChI=1S/C7H12N2O3S/c1-2-12-7(11)4-9-6(10)3-5(8)13/h2-4H2,1H3,(H2,8,13)(H,9,10). The lowest BCUT2D eigenvalue weighted by Crippen LogP contribution is -2.32. The number of nitrogens with one attached hydrogen (secondary N) is 1. The Balaban J connectivity index is 3.58. The molecule has 0 saturated carbocycles. The van der Waals surface area contributed by atoms with E-state index in [4.69, 9.17) is 5.73 Å². The van der Waals surface area contributed by atoms with E-state index in [0.29, 0.717) is 6.61 Å². The molecule has 6 heteroatoms. The van der Waals surface area contributed by atoms with Crippen molar-refractivity contribution in [2.45, 2.75) is 13.3 Å². The Morgan fingerprint density at radius 3 is 2.62 bits per heavy atom. The van der Waals surface area contributed by atoms with Crippen LogP contribution in [0.5, 0.6) is 0 Å². The van der Waals surface area contributed by atoms with Crippen molar-refractivity contribution >= 4 is 29.1 Å². The third kappa shape index (κ3) is 7.20. The Morgan fingerprint density at radius 1 is 1.54 bits per heavy atom. The molecule has 0 radical (unpaired) electrons. The van der Waals surface area contributed by atoms with Crippen LogP contribution in [-0.4, -0.2) is 30.0 Å². The fraction of sp³-hybridized carbons (Fsp3) is 0.571. The van der Waals surface area contributed by atoms with Crippen molar-refractivity contribution in [1.82, 2.24) is 5.32 Å². The zero-order chi connectivity index (χ0) is 10.3. The van der Waals surface area contributed by atoms with E-state index in [2.05, 4.69) is 22.3 Å². The van der Waals surface area contributed by atoms with Gasteiger partial charge >= 0.3 is 5.97 Å². The first-order valence-corrected chi connectivity index (χ1v) is 4.17. The highest BCUT2D eigenvalue weighted by molar-refractivity contribution is 7.80. The topological polar surface area (TPSA) is 81.4 Å². The lowest BCUT2D eigenvalue weighted by molar-refractivity contribution is -0.143. The molecule has 0 aliphatic heterocycles. The lowest BCUT2D eigenvalue weighted by Gasteiger charge is -2.03. The molecule has 0 aromatic rings. The predicted octanol–water partition coefficient (Wildman–Crippen LogP) is -0.658. The van der Waals surface area contributed by atoms with Crippen molar-refractivity contribution in [1.29, 1.82) is 0 Å². The summed E-state index contributed by atoms with van der Waals surface area (Å²) in [5.41, 5.74) is 5.11. The molecule has 0 rings (SSSR count). The van der Waals surface area contributed by atoms with Gasteiger partial charge in [0.1, 0.15) is 6.54 Å². The number of thiocarbonyl (C=S) groups is 1. The summed E-state index contributed by atoms with van der Waals surface area (Å²) in [7, 11) is 0. The van der Waals surface area contributed by atoms with Gasteiger partial charge in [0.25, 0.3) is 0 Å². The van der Waals surface area contributed by atoms with Crippen molar-refractivity contribution in [2.75, 3.05) is 13.2 Å². The maximum atomic E-state index is 10.9. The molecule has 0 saturated heterocycles. The summed E-state index contributed by atoms with van der Waals surface area (Å²) < 4.78 is 4.58. The van der Waals surface area contributed by atoms with Gasteiger partial charge in [0.2, 0.25) is 5.91 Å². The Bertz CT molecular complexity index is 218. The van der Waals surface area contributed by atoms with Gasteiger partial charge in [-0.15, -0.1) is 0 Å². The molecule has 0 aliphatic rings. The van der Waals surface area contributed by atoms with Crippen molar-refractivity contribution in [3.63, 3.8) is 0 Å². The number of carbonyl (C=O) groups is 2. The molecule has 0 aliphatic carbocycles. The molecule has 0 aromatic carbocycles. The van der Waals surface area contributed by atoms with Crippen LogP contribution in [0.2, 0.25) is 0 Å². The Hall–Kier alpha value is -1.17. The van der Waals surface area contributed by atoms with E-state index >= 15 is 0 Å². The average molecular weight is 204 g/mol. The van der Waals surface area contributed by atoms with Gasteiger partial charge in [0, 0.05) is 0 Å². The summed E-state index contributed by atoms with van der Waals surface area (Å²) >= 11 is 4.50. The van der Waals surface area contributed by atoms with Crippen LogP contribution in [0.25, 0.3) is 0 Å². The Kier molecular flexibility index (Phi) is 5.79. The van der Waals surface area contributed by atoms with Crippen molar-refractivity contribution < 1.29 is 14.3 Å². The average Bonchev–Trinajstić information content (AvgIpc) is 2.00. The van der Waals surface area contributed by atoms with Gasteiger partial charge in [-0.3, -0.25) is 9.59 Å². The maximum Gasteiger partial charge on any atom is 0.325 e. The molecule has 1 amide bonds. The lowest BCUT2D eigenvalue weighted by atomic mass is 10.4. The smallest absolute Gasteiger partial charge is 0.325 e. The molecule has 0 unspecified atom stereocenters. The number of esters is 1. The molecule has 0 bridgehead atoms. The third-order valence-electron chi connectivity index (χ3n) is 1.07. The van der Waals surface area contributed by atoms with Crippen LogP contribution in [0.15, 0.2) is 0 Å². The predicted molar refractivity (Wildman–Crippen MR) is 51.0 cm³/mol. The quantitative estimate of drug-likeness (QED) is 0.459. The van der Waals surface area contributed by atoms with Crippen LogP contribution < -0.4 is 11.1 Å². The van der Waals surface area contributed by atoms with Crippen molar-refractivity contribution in [3.8, 4) is 0 Å². The molecule has 0 fully saturated rings. The zero-order valence-electron chi connectivity index (χ0n) is 7.33. The summed E-state index contributed by atoms with van der Waals surface area (Å²) in [4.78, 5) is 21.7. The molecule has 0 aromatic heterocycles. The summed E-state index contributed by atoms with van der Waals surface area (Å²) in [5.74, 6) is -0.848. The summed E-state index contributed by atoms with van der Waals surface area (Å²) in [6.45, 7) is 1.84. The molecule has 0 heterocycles. The number of hydrogen-bond donors (Lipinski definition) is 2. The largest absolute Gasteiger partial charge is 0.465 e. The minimum atomic E-state index is -0.473. The van der Waals surface area contributed by atoms with Crippen LogP contribution in [0.1, 0.15) is 13.3 Å². The van der Waals surface area contributed by atoms with Gasteiger partial charge < -0.3 is 15.8 Å². The van der Waals surface area contributed by atoms with Gasteiger partial charge in [-0.2, -0.15) is 0 Å². The van der Waals surface area contributed by atoms with Crippen LogP contribution in [0.4, 0.5) is 0 Å². The maximum absolute atomic E-state index is 10.9. The van der Waals surface area contributed by atoms with Crippen LogP contribution in [0.3, 0.4) is 0 Å². The molecular formula is C7H12N2O3S. The molecular weight excluding hydrogens is 192 g/mol. The number of ether oxygens (including phenoxy) is 1. The number of carbonyl (C=O) groups excluding carboxylic acids is 2. The number of hydrogen-bond acceptors (Lipinski definition) is 4. The SMILES string of the molecule is CCOC(=O)CNC(=O)CC(N)=S. The second-order valence-corrected chi connectivity index (χ2v) is 2.75. The highest BCUT2D eigenvalue weighted by Crippen LogP contribution is 1.81. The van der Waals surface area contributed by atoms with Crippen molar-refractivity contribution in [3.05, 3.63) is 0 Å². The van der Waals surface area contributed by atoms with E-state index in [-0.39, 0.29) is 23.9 Å². The fourth-order valence-electron chi connectivity index (χ4n) is 0.604. The van der Waals surface area contributed by atoms with Crippen LogP contribution in [-0.2, 0) is 14.3 Å². The first kappa shape index (κ1) is 11.8. The van der Waals surface area contributed by atoms with Gasteiger partial charge in [-0.05, 0) is 6.92 Å². The van der Waals surface area contributed by atoms with E-state index in [1.807, 2.05) is 0 Å². The van der Waals surface area contributed by atoms with E-state index in [1.165, 1.54) is 0 Å². The van der Waals surface area contributed by atoms with Crippen LogP contribution in [0, 0.1) is 0 Å². The monoisotopic (exact) mass is 204 g/mol. The second kappa shape index (κ2) is 6.36. The van der Waals surface area contributed by atoms with E-state index in [9.17, 15) is 9.59 Å². The summed E-state index contributed by atoms with van der Waals surface area (Å²) in [6.07, 6.45) is -0.0469. The molecule has 5 nitrogen and oxygen atoms in total. The van der Waals surface area contributed by atoms with E-state index in [1.54, 1.807) is 6.92 Å².